The quantitative estimate of drug-likeness (QED) is 0.465. The molecule has 0 amide bonds. The molecule has 5 nitrogen and oxygen atoms in total. The Bertz CT molecular complexity index is 485. The van der Waals surface area contributed by atoms with Crippen LogP contribution in [0.2, 0.25) is 0 Å². The molecule has 2 bridgehead atoms. The molecule has 1 spiro atoms. The molecule has 0 aromatic heterocycles. The number of ether oxygens (including phenoxy) is 2. The van der Waals surface area contributed by atoms with Gasteiger partial charge in [0, 0.05) is 10.8 Å². The van der Waals surface area contributed by atoms with Crippen molar-refractivity contribution in [2.45, 2.75) is 56.7 Å². The van der Waals surface area contributed by atoms with Crippen LogP contribution in [0.3, 0.4) is 0 Å². The Morgan fingerprint density at radius 3 is 2.70 bits per heavy atom. The van der Waals surface area contributed by atoms with Crippen LogP contribution < -0.4 is 0 Å². The van der Waals surface area contributed by atoms with Crippen molar-refractivity contribution in [1.82, 2.24) is 0 Å². The molecule has 2 aliphatic carbocycles. The van der Waals surface area contributed by atoms with E-state index in [9.17, 15) is 15.3 Å². The maximum absolute atomic E-state index is 10.7. The van der Waals surface area contributed by atoms with E-state index in [1.165, 1.54) is 5.57 Å². The number of aliphatic hydroxyl groups excluding tert-OH is 3. The average molecular weight is 282 g/mol. The van der Waals surface area contributed by atoms with Crippen LogP contribution in [-0.4, -0.2) is 58.6 Å². The van der Waals surface area contributed by atoms with E-state index in [1.54, 1.807) is 0 Å². The van der Waals surface area contributed by atoms with Gasteiger partial charge in [-0.05, 0) is 19.8 Å². The average Bonchev–Trinajstić information content (AvgIpc) is 3.21. The third kappa shape index (κ3) is 1.12. The zero-order valence-electron chi connectivity index (χ0n) is 11.9. The summed E-state index contributed by atoms with van der Waals surface area (Å²) in [5.41, 5.74) is -0.668. The number of aliphatic hydroxyl groups is 3. The first-order chi connectivity index (χ1) is 9.43. The van der Waals surface area contributed by atoms with Crippen LogP contribution >= 0.6 is 0 Å². The van der Waals surface area contributed by atoms with Gasteiger partial charge < -0.3 is 24.8 Å². The smallest absolute Gasteiger partial charge is 0.129 e. The summed E-state index contributed by atoms with van der Waals surface area (Å²) in [6.07, 6.45) is 1.01. The largest absolute Gasteiger partial charge is 0.396 e. The lowest BCUT2D eigenvalue weighted by Crippen LogP contribution is -2.66. The molecule has 2 saturated heterocycles. The number of fused-ring (bicyclic) bond motifs is 2. The maximum atomic E-state index is 10.7. The predicted molar refractivity (Wildman–Crippen MR) is 70.0 cm³/mol. The van der Waals surface area contributed by atoms with Crippen molar-refractivity contribution >= 4 is 0 Å². The lowest BCUT2D eigenvalue weighted by molar-refractivity contribution is -0.226. The summed E-state index contributed by atoms with van der Waals surface area (Å²) in [7, 11) is 0. The molecule has 0 aromatic rings. The minimum atomic E-state index is -0.953. The molecule has 2 heterocycles. The summed E-state index contributed by atoms with van der Waals surface area (Å²) in [6, 6.07) is 0. The first-order valence-corrected chi connectivity index (χ1v) is 7.37. The van der Waals surface area contributed by atoms with Crippen LogP contribution in [0, 0.1) is 10.8 Å². The molecule has 4 rings (SSSR count). The molecule has 2 aliphatic heterocycles. The van der Waals surface area contributed by atoms with Gasteiger partial charge in [0.25, 0.3) is 0 Å². The number of hydrogen-bond acceptors (Lipinski definition) is 5. The van der Waals surface area contributed by atoms with E-state index >= 15 is 0 Å². The summed E-state index contributed by atoms with van der Waals surface area (Å²) < 4.78 is 11.8. The van der Waals surface area contributed by atoms with Gasteiger partial charge in [-0.2, -0.15) is 0 Å². The fraction of sp³-hybridized carbons (Fsp3) is 0.867. The number of hydrogen-bond donors (Lipinski definition) is 3. The zero-order chi connectivity index (χ0) is 14.3. The molecule has 7 atom stereocenters. The fourth-order valence-electron chi connectivity index (χ4n) is 5.06. The molecule has 20 heavy (non-hydrogen) atoms. The van der Waals surface area contributed by atoms with E-state index < -0.39 is 34.7 Å². The van der Waals surface area contributed by atoms with E-state index in [4.69, 9.17) is 9.47 Å². The van der Waals surface area contributed by atoms with Gasteiger partial charge in [0.05, 0.1) is 25.4 Å². The van der Waals surface area contributed by atoms with Crippen molar-refractivity contribution in [3.8, 4) is 0 Å². The first-order valence-electron chi connectivity index (χ1n) is 7.37. The van der Waals surface area contributed by atoms with Crippen molar-refractivity contribution in [3.05, 3.63) is 11.6 Å². The highest BCUT2D eigenvalue weighted by molar-refractivity contribution is 5.34. The Morgan fingerprint density at radius 2 is 2.10 bits per heavy atom. The monoisotopic (exact) mass is 282 g/mol. The third-order valence-electron chi connectivity index (χ3n) is 6.57. The molecular weight excluding hydrogens is 260 g/mol. The molecule has 0 radical (unpaired) electrons. The maximum Gasteiger partial charge on any atom is 0.129 e. The lowest BCUT2D eigenvalue weighted by Gasteiger charge is -2.57. The van der Waals surface area contributed by atoms with Crippen LogP contribution in [0.25, 0.3) is 0 Å². The number of epoxide rings is 1. The highest BCUT2D eigenvalue weighted by Gasteiger charge is 2.84. The minimum Gasteiger partial charge on any atom is -0.396 e. The number of allylic oxidation sites excluding steroid dienone is 1. The van der Waals surface area contributed by atoms with Crippen LogP contribution in [0.4, 0.5) is 0 Å². The van der Waals surface area contributed by atoms with Crippen molar-refractivity contribution in [2.24, 2.45) is 10.8 Å². The van der Waals surface area contributed by atoms with Gasteiger partial charge in [0.2, 0.25) is 0 Å². The number of rotatable bonds is 1. The summed E-state index contributed by atoms with van der Waals surface area (Å²) in [6.45, 7) is 4.42. The Morgan fingerprint density at radius 1 is 1.40 bits per heavy atom. The molecule has 1 saturated carbocycles. The molecule has 2 unspecified atom stereocenters. The van der Waals surface area contributed by atoms with Crippen LogP contribution in [0.15, 0.2) is 11.6 Å². The lowest BCUT2D eigenvalue weighted by atomic mass is 9.51. The Balaban J connectivity index is 1.91. The van der Waals surface area contributed by atoms with E-state index in [-0.39, 0.29) is 12.7 Å². The SMILES string of the molecule is CC1=C[C@H]2OC3[C@H](O)[C@@H](O)[C@@](C)(C34CO4)[C@@]2(CO)CC1. The Kier molecular flexibility index (Phi) is 2.41. The van der Waals surface area contributed by atoms with Gasteiger partial charge in [-0.25, -0.2) is 0 Å². The molecule has 112 valence electrons. The molecular formula is C15H22O5. The van der Waals surface area contributed by atoms with Gasteiger partial charge in [-0.15, -0.1) is 0 Å². The summed E-state index contributed by atoms with van der Waals surface area (Å²) >= 11 is 0. The van der Waals surface area contributed by atoms with Crippen LogP contribution in [-0.2, 0) is 9.47 Å². The minimum absolute atomic E-state index is 0.0699. The Hall–Kier alpha value is -0.460. The molecule has 4 aliphatic rings. The highest BCUT2D eigenvalue weighted by Crippen LogP contribution is 2.71. The van der Waals surface area contributed by atoms with Gasteiger partial charge in [0.1, 0.15) is 17.8 Å². The van der Waals surface area contributed by atoms with Crippen molar-refractivity contribution in [2.75, 3.05) is 13.2 Å². The second kappa shape index (κ2) is 3.65. The highest BCUT2D eigenvalue weighted by atomic mass is 16.6. The van der Waals surface area contributed by atoms with Gasteiger partial charge in [0.15, 0.2) is 0 Å². The van der Waals surface area contributed by atoms with Crippen LogP contribution in [0.5, 0.6) is 0 Å². The predicted octanol–water partition coefficient (Wildman–Crippen LogP) is -0.0167. The van der Waals surface area contributed by atoms with Gasteiger partial charge >= 0.3 is 0 Å². The van der Waals surface area contributed by atoms with Gasteiger partial charge in [-0.3, -0.25) is 0 Å². The standard InChI is InChI=1S/C15H22O5/c1-8-3-4-14(6-16)9(5-8)20-12-10(17)11(18)13(14,2)15(12)7-19-15/h5,9-12,16-18H,3-4,6-7H2,1-2H3/t9-,10-,11-,12?,13-,14-,15?/m1/s1. The summed E-state index contributed by atoms with van der Waals surface area (Å²) in [5.74, 6) is 0. The zero-order valence-corrected chi connectivity index (χ0v) is 11.9. The second-order valence-corrected chi connectivity index (χ2v) is 7.12. The van der Waals surface area contributed by atoms with Gasteiger partial charge in [-0.1, -0.05) is 18.6 Å². The third-order valence-corrected chi connectivity index (χ3v) is 6.57. The van der Waals surface area contributed by atoms with E-state index in [0.29, 0.717) is 6.61 Å². The van der Waals surface area contributed by atoms with E-state index in [0.717, 1.165) is 12.8 Å². The van der Waals surface area contributed by atoms with Crippen molar-refractivity contribution < 1.29 is 24.8 Å². The molecule has 5 heteroatoms. The first kappa shape index (κ1) is 13.2. The summed E-state index contributed by atoms with van der Waals surface area (Å²) in [4.78, 5) is 0. The molecule has 3 fully saturated rings. The van der Waals surface area contributed by atoms with E-state index in [2.05, 4.69) is 6.92 Å². The molecule has 0 aromatic carbocycles. The van der Waals surface area contributed by atoms with Crippen molar-refractivity contribution in [3.63, 3.8) is 0 Å². The molecule has 3 N–H and O–H groups in total. The fourth-order valence-corrected chi connectivity index (χ4v) is 5.06. The summed E-state index contributed by atoms with van der Waals surface area (Å²) in [5, 5.41) is 31.2. The van der Waals surface area contributed by atoms with E-state index in [1.807, 2.05) is 13.0 Å². The van der Waals surface area contributed by atoms with Crippen molar-refractivity contribution in [1.29, 1.82) is 0 Å². The second-order valence-electron chi connectivity index (χ2n) is 7.12. The van der Waals surface area contributed by atoms with Crippen LogP contribution in [0.1, 0.15) is 26.7 Å². The Labute approximate surface area is 118 Å². The topological polar surface area (TPSA) is 82.5 Å². The normalized spacial score (nSPS) is 60.4.